The first-order valence-corrected chi connectivity index (χ1v) is 12.6. The fourth-order valence-corrected chi connectivity index (χ4v) is 6.45. The van der Waals surface area contributed by atoms with Crippen LogP contribution in [0.25, 0.3) is 10.2 Å². The van der Waals surface area contributed by atoms with Crippen molar-refractivity contribution in [1.82, 2.24) is 8.87 Å². The van der Waals surface area contributed by atoms with Crippen molar-refractivity contribution in [2.24, 2.45) is 10.9 Å². The van der Waals surface area contributed by atoms with Gasteiger partial charge in [-0.15, -0.1) is 0 Å². The van der Waals surface area contributed by atoms with E-state index in [1.54, 1.807) is 7.11 Å². The summed E-state index contributed by atoms with van der Waals surface area (Å²) >= 11 is 1.43. The van der Waals surface area contributed by atoms with E-state index in [1.807, 2.05) is 29.7 Å². The van der Waals surface area contributed by atoms with Crippen LogP contribution in [0, 0.1) is 11.7 Å². The van der Waals surface area contributed by atoms with Crippen molar-refractivity contribution < 1.29 is 22.3 Å². The van der Waals surface area contributed by atoms with E-state index >= 15 is 0 Å². The number of fused-ring (bicyclic) bond motifs is 1. The molecule has 0 spiro atoms. The van der Waals surface area contributed by atoms with Crippen LogP contribution >= 0.6 is 11.3 Å². The minimum Gasteiger partial charge on any atom is -0.497 e. The van der Waals surface area contributed by atoms with Crippen molar-refractivity contribution >= 4 is 37.5 Å². The number of carbonyl (C=O) groups is 1. The van der Waals surface area contributed by atoms with Gasteiger partial charge in [0, 0.05) is 25.6 Å². The predicted octanol–water partition coefficient (Wildman–Crippen LogP) is 3.40. The number of halogens is 1. The Kier molecular flexibility index (Phi) is 6.45. The standard InChI is InChI=1S/C22H24FN3O4S2/c1-3-26-19-9-6-17(30-2)14-20(19)31-22(26)24-21(27)15-10-12-25(13-11-15)32(28,29)18-7-4-16(23)5-8-18/h4-9,14-15H,3,10-13H2,1-2H3. The van der Waals surface area contributed by atoms with E-state index < -0.39 is 15.8 Å². The van der Waals surface area contributed by atoms with Gasteiger partial charge in [-0.25, -0.2) is 12.8 Å². The Balaban J connectivity index is 1.51. The number of aryl methyl sites for hydroxylation is 1. The Hall–Kier alpha value is -2.56. The lowest BCUT2D eigenvalue weighted by Crippen LogP contribution is -2.40. The highest BCUT2D eigenvalue weighted by Crippen LogP contribution is 2.26. The van der Waals surface area contributed by atoms with Crippen LogP contribution in [0.15, 0.2) is 52.4 Å². The van der Waals surface area contributed by atoms with Crippen LogP contribution in [0.4, 0.5) is 4.39 Å². The number of rotatable bonds is 5. The second-order valence-corrected chi connectivity index (χ2v) is 10.5. The molecule has 1 fully saturated rings. The molecular formula is C22H24FN3O4S2. The number of sulfonamides is 1. The monoisotopic (exact) mass is 477 g/mol. The summed E-state index contributed by atoms with van der Waals surface area (Å²) in [5.41, 5.74) is 0.991. The van der Waals surface area contributed by atoms with Gasteiger partial charge in [-0.05, 0) is 62.2 Å². The highest BCUT2D eigenvalue weighted by Gasteiger charge is 2.32. The van der Waals surface area contributed by atoms with Crippen LogP contribution in [0.2, 0.25) is 0 Å². The van der Waals surface area contributed by atoms with Gasteiger partial charge in [0.15, 0.2) is 4.80 Å². The molecule has 4 rings (SSSR count). The molecule has 1 aliphatic heterocycles. The molecule has 0 saturated carbocycles. The summed E-state index contributed by atoms with van der Waals surface area (Å²) in [6.45, 7) is 3.12. The number of hydrogen-bond acceptors (Lipinski definition) is 5. The van der Waals surface area contributed by atoms with E-state index in [-0.39, 0.29) is 29.8 Å². The van der Waals surface area contributed by atoms with Crippen LogP contribution in [-0.2, 0) is 21.4 Å². The molecule has 0 N–H and O–H groups in total. The number of thiazole rings is 1. The average Bonchev–Trinajstić information content (AvgIpc) is 3.15. The largest absolute Gasteiger partial charge is 0.497 e. The van der Waals surface area contributed by atoms with Crippen molar-refractivity contribution in [1.29, 1.82) is 0 Å². The van der Waals surface area contributed by atoms with Crippen LogP contribution in [0.1, 0.15) is 19.8 Å². The average molecular weight is 478 g/mol. The summed E-state index contributed by atoms with van der Waals surface area (Å²) in [4.78, 5) is 18.0. The molecule has 0 bridgehead atoms. The van der Waals surface area contributed by atoms with E-state index in [0.717, 1.165) is 28.1 Å². The summed E-state index contributed by atoms with van der Waals surface area (Å²) < 4.78 is 48.3. The van der Waals surface area contributed by atoms with Crippen LogP contribution in [-0.4, -0.2) is 43.4 Å². The summed E-state index contributed by atoms with van der Waals surface area (Å²) in [5.74, 6) is -0.308. The maximum absolute atomic E-state index is 13.1. The first-order valence-electron chi connectivity index (χ1n) is 10.3. The SMILES string of the molecule is CCn1c(=NC(=O)C2CCN(S(=O)(=O)c3ccc(F)cc3)CC2)sc2cc(OC)ccc21. The van der Waals surface area contributed by atoms with Gasteiger partial charge in [-0.1, -0.05) is 11.3 Å². The molecule has 170 valence electrons. The maximum Gasteiger partial charge on any atom is 0.251 e. The molecule has 2 heterocycles. The molecule has 0 unspecified atom stereocenters. The number of methoxy groups -OCH3 is 1. The summed E-state index contributed by atoms with van der Waals surface area (Å²) in [5, 5.41) is 0. The maximum atomic E-state index is 13.1. The van der Waals surface area contributed by atoms with Gasteiger partial charge in [0.1, 0.15) is 11.6 Å². The first-order chi connectivity index (χ1) is 15.3. The fraction of sp³-hybridized carbons (Fsp3) is 0.364. The van der Waals surface area contributed by atoms with Gasteiger partial charge in [-0.2, -0.15) is 9.30 Å². The van der Waals surface area contributed by atoms with E-state index in [0.29, 0.717) is 24.2 Å². The lowest BCUT2D eigenvalue weighted by atomic mass is 9.98. The lowest BCUT2D eigenvalue weighted by molar-refractivity contribution is -0.122. The minimum absolute atomic E-state index is 0.0538. The van der Waals surface area contributed by atoms with Crippen molar-refractivity contribution in [2.75, 3.05) is 20.2 Å². The molecule has 0 radical (unpaired) electrons. The van der Waals surface area contributed by atoms with Crippen LogP contribution in [0.5, 0.6) is 5.75 Å². The topological polar surface area (TPSA) is 81.0 Å². The van der Waals surface area contributed by atoms with Gasteiger partial charge in [0.2, 0.25) is 10.0 Å². The number of nitrogens with zero attached hydrogens (tertiary/aromatic N) is 3. The fourth-order valence-electron chi connectivity index (χ4n) is 3.86. The summed E-state index contributed by atoms with van der Waals surface area (Å²) in [6.07, 6.45) is 0.793. The molecule has 1 saturated heterocycles. The van der Waals surface area contributed by atoms with E-state index in [1.165, 1.54) is 27.8 Å². The Morgan fingerprint density at radius 1 is 1.19 bits per heavy atom. The zero-order valence-corrected chi connectivity index (χ0v) is 19.5. The first kappa shape index (κ1) is 22.6. The second kappa shape index (κ2) is 9.13. The highest BCUT2D eigenvalue weighted by atomic mass is 32.2. The minimum atomic E-state index is -3.71. The Morgan fingerprint density at radius 3 is 2.50 bits per heavy atom. The Labute approximate surface area is 189 Å². The predicted molar refractivity (Wildman–Crippen MR) is 120 cm³/mol. The third kappa shape index (κ3) is 4.35. The normalized spacial score (nSPS) is 16.5. The molecule has 1 aromatic heterocycles. The molecular weight excluding hydrogens is 453 g/mol. The Morgan fingerprint density at radius 2 is 1.88 bits per heavy atom. The smallest absolute Gasteiger partial charge is 0.251 e. The van der Waals surface area contributed by atoms with Crippen LogP contribution in [0.3, 0.4) is 0 Å². The Bertz CT molecular complexity index is 1310. The molecule has 1 aliphatic rings. The molecule has 0 aliphatic carbocycles. The molecule has 1 amide bonds. The zero-order valence-electron chi connectivity index (χ0n) is 17.8. The molecule has 0 atom stereocenters. The molecule has 3 aromatic rings. The second-order valence-electron chi connectivity index (χ2n) is 7.54. The third-order valence-electron chi connectivity index (χ3n) is 5.67. The van der Waals surface area contributed by atoms with Gasteiger partial charge in [-0.3, -0.25) is 4.79 Å². The lowest BCUT2D eigenvalue weighted by Gasteiger charge is -2.29. The van der Waals surface area contributed by atoms with Gasteiger partial charge in [0.05, 0.1) is 22.2 Å². The van der Waals surface area contributed by atoms with Crippen molar-refractivity contribution in [3.63, 3.8) is 0 Å². The number of aromatic nitrogens is 1. The number of ether oxygens (including phenoxy) is 1. The van der Waals surface area contributed by atoms with E-state index in [4.69, 9.17) is 4.74 Å². The number of benzene rings is 2. The molecule has 32 heavy (non-hydrogen) atoms. The van der Waals surface area contributed by atoms with E-state index in [2.05, 4.69) is 4.99 Å². The number of carbonyl (C=O) groups excluding carboxylic acids is 1. The van der Waals surface area contributed by atoms with Gasteiger partial charge >= 0.3 is 0 Å². The van der Waals surface area contributed by atoms with Gasteiger partial charge < -0.3 is 9.30 Å². The van der Waals surface area contributed by atoms with Crippen molar-refractivity contribution in [2.45, 2.75) is 31.2 Å². The number of amides is 1. The highest BCUT2D eigenvalue weighted by molar-refractivity contribution is 7.89. The molecule has 7 nitrogen and oxygen atoms in total. The van der Waals surface area contributed by atoms with Gasteiger partial charge in [0.25, 0.3) is 5.91 Å². The third-order valence-corrected chi connectivity index (χ3v) is 8.62. The quantitative estimate of drug-likeness (QED) is 0.564. The summed E-state index contributed by atoms with van der Waals surface area (Å²) in [6, 6.07) is 10.5. The number of piperidine rings is 1. The van der Waals surface area contributed by atoms with E-state index in [9.17, 15) is 17.6 Å². The zero-order chi connectivity index (χ0) is 22.9. The van der Waals surface area contributed by atoms with Crippen molar-refractivity contribution in [3.05, 3.63) is 53.1 Å². The molecule has 10 heteroatoms. The summed E-state index contributed by atoms with van der Waals surface area (Å²) in [7, 11) is -2.10. The van der Waals surface area contributed by atoms with Crippen LogP contribution < -0.4 is 9.54 Å². The molecule has 2 aromatic carbocycles. The number of hydrogen-bond donors (Lipinski definition) is 0. The van der Waals surface area contributed by atoms with Crippen molar-refractivity contribution in [3.8, 4) is 5.75 Å².